The van der Waals surface area contributed by atoms with Gasteiger partial charge in [0.15, 0.2) is 5.76 Å². The summed E-state index contributed by atoms with van der Waals surface area (Å²) >= 11 is 0. The summed E-state index contributed by atoms with van der Waals surface area (Å²) < 4.78 is 4.97. The molecule has 13 heavy (non-hydrogen) atoms. The predicted octanol–water partition coefficient (Wildman–Crippen LogP) is 1.20. The lowest BCUT2D eigenvalue weighted by Gasteiger charge is -1.97. The zero-order valence-corrected chi connectivity index (χ0v) is 6.97. The van der Waals surface area contributed by atoms with Crippen molar-refractivity contribution in [2.75, 3.05) is 0 Å². The molecule has 0 aliphatic rings. The van der Waals surface area contributed by atoms with Gasteiger partial charge in [0, 0.05) is 18.8 Å². The molecule has 4 heteroatoms. The van der Waals surface area contributed by atoms with E-state index in [0.29, 0.717) is 12.3 Å². The number of rotatable bonds is 2. The fourth-order valence-corrected chi connectivity index (χ4v) is 1.08. The van der Waals surface area contributed by atoms with E-state index in [9.17, 15) is 0 Å². The molecular formula is C9H9N3O. The molecule has 0 saturated heterocycles. The highest BCUT2D eigenvalue weighted by molar-refractivity contribution is 5.51. The molecule has 2 heterocycles. The normalized spacial score (nSPS) is 10.2. The van der Waals surface area contributed by atoms with Crippen LogP contribution < -0.4 is 5.73 Å². The molecule has 0 spiro atoms. The molecule has 2 rings (SSSR count). The van der Waals surface area contributed by atoms with Crippen LogP contribution in [0, 0.1) is 0 Å². The average molecular weight is 175 g/mol. The first-order valence-corrected chi connectivity index (χ1v) is 3.96. The summed E-state index contributed by atoms with van der Waals surface area (Å²) in [6, 6.07) is 5.53. The van der Waals surface area contributed by atoms with Crippen molar-refractivity contribution in [3.8, 4) is 11.5 Å². The smallest absolute Gasteiger partial charge is 0.185 e. The van der Waals surface area contributed by atoms with Crippen LogP contribution in [0.4, 0.5) is 0 Å². The SMILES string of the molecule is NCc1ccnc(-c2ccno2)c1. The van der Waals surface area contributed by atoms with Gasteiger partial charge in [-0.1, -0.05) is 5.16 Å². The average Bonchev–Trinajstić information content (AvgIpc) is 2.71. The van der Waals surface area contributed by atoms with Gasteiger partial charge in [-0.25, -0.2) is 0 Å². The highest BCUT2D eigenvalue weighted by Crippen LogP contribution is 2.16. The molecule has 0 unspecified atom stereocenters. The van der Waals surface area contributed by atoms with Gasteiger partial charge < -0.3 is 10.3 Å². The lowest BCUT2D eigenvalue weighted by atomic mass is 10.2. The van der Waals surface area contributed by atoms with Crippen LogP contribution in [0.15, 0.2) is 35.1 Å². The predicted molar refractivity (Wildman–Crippen MR) is 47.6 cm³/mol. The largest absolute Gasteiger partial charge is 0.355 e. The van der Waals surface area contributed by atoms with E-state index in [0.717, 1.165) is 11.3 Å². The standard InChI is InChI=1S/C9H9N3O/c10-6-7-1-3-11-8(5-7)9-2-4-12-13-9/h1-5H,6,10H2. The van der Waals surface area contributed by atoms with Crippen molar-refractivity contribution in [1.29, 1.82) is 0 Å². The van der Waals surface area contributed by atoms with E-state index < -0.39 is 0 Å². The highest BCUT2D eigenvalue weighted by atomic mass is 16.5. The Kier molecular flexibility index (Phi) is 2.06. The second kappa shape index (κ2) is 3.37. The molecule has 0 amide bonds. The lowest BCUT2D eigenvalue weighted by Crippen LogP contribution is -1.96. The van der Waals surface area contributed by atoms with Gasteiger partial charge >= 0.3 is 0 Å². The third-order valence-electron chi connectivity index (χ3n) is 1.75. The number of nitrogens with two attached hydrogens (primary N) is 1. The van der Waals surface area contributed by atoms with Gasteiger partial charge in [-0.2, -0.15) is 0 Å². The van der Waals surface area contributed by atoms with E-state index >= 15 is 0 Å². The molecule has 0 bridgehead atoms. The molecular weight excluding hydrogens is 166 g/mol. The van der Waals surface area contributed by atoms with Crippen molar-refractivity contribution in [3.63, 3.8) is 0 Å². The van der Waals surface area contributed by atoms with Crippen molar-refractivity contribution in [1.82, 2.24) is 10.1 Å². The van der Waals surface area contributed by atoms with Crippen molar-refractivity contribution in [3.05, 3.63) is 36.2 Å². The van der Waals surface area contributed by atoms with Crippen LogP contribution >= 0.6 is 0 Å². The maximum absolute atomic E-state index is 5.50. The summed E-state index contributed by atoms with van der Waals surface area (Å²) in [4.78, 5) is 4.14. The van der Waals surface area contributed by atoms with Gasteiger partial charge in [-0.05, 0) is 17.7 Å². The summed E-state index contributed by atoms with van der Waals surface area (Å²) in [5.41, 5.74) is 7.29. The summed E-state index contributed by atoms with van der Waals surface area (Å²) in [5.74, 6) is 0.662. The fourth-order valence-electron chi connectivity index (χ4n) is 1.08. The maximum Gasteiger partial charge on any atom is 0.185 e. The van der Waals surface area contributed by atoms with E-state index in [2.05, 4.69) is 10.1 Å². The zero-order chi connectivity index (χ0) is 9.10. The van der Waals surface area contributed by atoms with Crippen molar-refractivity contribution in [2.45, 2.75) is 6.54 Å². The van der Waals surface area contributed by atoms with E-state index in [-0.39, 0.29) is 0 Å². The second-order valence-corrected chi connectivity index (χ2v) is 2.63. The third-order valence-corrected chi connectivity index (χ3v) is 1.75. The van der Waals surface area contributed by atoms with Crippen LogP contribution in [-0.2, 0) is 6.54 Å². The lowest BCUT2D eigenvalue weighted by molar-refractivity contribution is 0.431. The molecule has 4 nitrogen and oxygen atoms in total. The minimum absolute atomic E-state index is 0.504. The summed E-state index contributed by atoms with van der Waals surface area (Å²) in [6.07, 6.45) is 3.30. The monoisotopic (exact) mass is 175 g/mol. The topological polar surface area (TPSA) is 64.9 Å². The number of nitrogens with zero attached hydrogens (tertiary/aromatic N) is 2. The van der Waals surface area contributed by atoms with E-state index in [4.69, 9.17) is 10.3 Å². The summed E-state index contributed by atoms with van der Waals surface area (Å²) in [6.45, 7) is 0.504. The zero-order valence-electron chi connectivity index (χ0n) is 6.97. The van der Waals surface area contributed by atoms with Gasteiger partial charge in [-0.3, -0.25) is 4.98 Å². The molecule has 0 aromatic carbocycles. The summed E-state index contributed by atoms with van der Waals surface area (Å²) in [7, 11) is 0. The Morgan fingerprint density at radius 3 is 2.92 bits per heavy atom. The molecule has 0 fully saturated rings. The van der Waals surface area contributed by atoms with Gasteiger partial charge in [0.05, 0.1) is 6.20 Å². The fraction of sp³-hybridized carbons (Fsp3) is 0.111. The van der Waals surface area contributed by atoms with Gasteiger partial charge in [-0.15, -0.1) is 0 Å². The Balaban J connectivity index is 2.41. The Morgan fingerprint density at radius 2 is 2.23 bits per heavy atom. The Labute approximate surface area is 75.4 Å². The first-order valence-electron chi connectivity index (χ1n) is 3.96. The molecule has 0 atom stereocenters. The third kappa shape index (κ3) is 1.57. The Hall–Kier alpha value is -1.68. The van der Waals surface area contributed by atoms with Crippen LogP contribution in [0.1, 0.15) is 5.56 Å². The van der Waals surface area contributed by atoms with Crippen LogP contribution in [0.2, 0.25) is 0 Å². The van der Waals surface area contributed by atoms with Crippen LogP contribution in [0.3, 0.4) is 0 Å². The van der Waals surface area contributed by atoms with Gasteiger partial charge in [0.2, 0.25) is 0 Å². The maximum atomic E-state index is 5.50. The van der Waals surface area contributed by atoms with Gasteiger partial charge in [0.1, 0.15) is 5.69 Å². The Bertz CT molecular complexity index is 384. The molecule has 66 valence electrons. The van der Waals surface area contributed by atoms with Crippen molar-refractivity contribution < 1.29 is 4.52 Å². The second-order valence-electron chi connectivity index (χ2n) is 2.63. The number of pyridine rings is 1. The Morgan fingerprint density at radius 1 is 1.31 bits per heavy atom. The highest BCUT2D eigenvalue weighted by Gasteiger charge is 2.02. The number of hydrogen-bond donors (Lipinski definition) is 1. The number of aromatic nitrogens is 2. The molecule has 2 aromatic rings. The van der Waals surface area contributed by atoms with Crippen molar-refractivity contribution in [2.24, 2.45) is 5.73 Å². The number of hydrogen-bond acceptors (Lipinski definition) is 4. The molecule has 0 aliphatic heterocycles. The van der Waals surface area contributed by atoms with Gasteiger partial charge in [0.25, 0.3) is 0 Å². The van der Waals surface area contributed by atoms with Crippen LogP contribution in [-0.4, -0.2) is 10.1 Å². The molecule has 0 radical (unpaired) electrons. The first kappa shape index (κ1) is 7.94. The van der Waals surface area contributed by atoms with E-state index in [1.807, 2.05) is 12.1 Å². The molecule has 0 aliphatic carbocycles. The first-order chi connectivity index (χ1) is 6.40. The minimum Gasteiger partial charge on any atom is -0.355 e. The van der Waals surface area contributed by atoms with Crippen LogP contribution in [0.5, 0.6) is 0 Å². The molecule has 2 aromatic heterocycles. The quantitative estimate of drug-likeness (QED) is 0.744. The van der Waals surface area contributed by atoms with E-state index in [1.165, 1.54) is 0 Å². The van der Waals surface area contributed by atoms with E-state index in [1.54, 1.807) is 18.5 Å². The molecule has 0 saturated carbocycles. The minimum atomic E-state index is 0.504. The molecule has 2 N–H and O–H groups in total. The summed E-state index contributed by atoms with van der Waals surface area (Å²) in [5, 5.41) is 3.61. The van der Waals surface area contributed by atoms with Crippen LogP contribution in [0.25, 0.3) is 11.5 Å². The van der Waals surface area contributed by atoms with Crippen molar-refractivity contribution >= 4 is 0 Å².